The predicted octanol–water partition coefficient (Wildman–Crippen LogP) is 5.54. The molecule has 2 aromatic carbocycles. The van der Waals surface area contributed by atoms with Gasteiger partial charge in [0.1, 0.15) is 5.75 Å². The van der Waals surface area contributed by atoms with Crippen LogP contribution in [0.4, 0.5) is 18.9 Å². The summed E-state index contributed by atoms with van der Waals surface area (Å²) in [7, 11) is 0. The standard InChI is InChI=1S/C20H20F3NO2/c1-2-3-13-26-18-10-5-4-7-15(18)11-12-19(25)24-17-9-6-8-16(14-17)20(21,22)23/h4-12,14H,2-3,13H2,1H3,(H,24,25). The van der Waals surface area contributed by atoms with Crippen molar-refractivity contribution in [3.05, 3.63) is 65.7 Å². The predicted molar refractivity (Wildman–Crippen MR) is 96.0 cm³/mol. The molecule has 0 atom stereocenters. The first-order valence-electron chi connectivity index (χ1n) is 8.28. The first-order valence-corrected chi connectivity index (χ1v) is 8.28. The third kappa shape index (κ3) is 5.95. The highest BCUT2D eigenvalue weighted by atomic mass is 19.4. The lowest BCUT2D eigenvalue weighted by Gasteiger charge is -2.09. The highest BCUT2D eigenvalue weighted by Gasteiger charge is 2.30. The van der Waals surface area contributed by atoms with Crippen molar-refractivity contribution in [3.8, 4) is 5.75 Å². The molecule has 2 aromatic rings. The summed E-state index contributed by atoms with van der Waals surface area (Å²) < 4.78 is 43.8. The average molecular weight is 363 g/mol. The quantitative estimate of drug-likeness (QED) is 0.518. The number of nitrogens with one attached hydrogen (secondary N) is 1. The number of para-hydroxylation sites is 1. The molecule has 0 aliphatic carbocycles. The van der Waals surface area contributed by atoms with Gasteiger partial charge >= 0.3 is 6.18 Å². The van der Waals surface area contributed by atoms with Crippen LogP contribution >= 0.6 is 0 Å². The number of ether oxygens (including phenoxy) is 1. The van der Waals surface area contributed by atoms with Crippen LogP contribution in [-0.2, 0) is 11.0 Å². The van der Waals surface area contributed by atoms with Crippen LogP contribution in [0.1, 0.15) is 30.9 Å². The molecule has 0 saturated heterocycles. The molecule has 0 aliphatic rings. The van der Waals surface area contributed by atoms with Gasteiger partial charge in [0.25, 0.3) is 0 Å². The number of benzene rings is 2. The summed E-state index contributed by atoms with van der Waals surface area (Å²) in [6.07, 6.45) is 0.323. The van der Waals surface area contributed by atoms with E-state index < -0.39 is 17.6 Å². The fourth-order valence-electron chi connectivity index (χ4n) is 2.20. The van der Waals surface area contributed by atoms with Gasteiger partial charge in [0, 0.05) is 17.3 Å². The largest absolute Gasteiger partial charge is 0.493 e. The molecule has 0 fully saturated rings. The van der Waals surface area contributed by atoms with Gasteiger partial charge in [-0.3, -0.25) is 4.79 Å². The molecule has 0 spiro atoms. The molecule has 2 rings (SSSR count). The maximum absolute atomic E-state index is 12.7. The third-order valence-corrected chi connectivity index (χ3v) is 3.55. The van der Waals surface area contributed by atoms with Crippen LogP contribution in [0.15, 0.2) is 54.6 Å². The minimum absolute atomic E-state index is 0.0851. The van der Waals surface area contributed by atoms with Crippen LogP contribution in [0.5, 0.6) is 5.75 Å². The number of unbranched alkanes of at least 4 members (excludes halogenated alkanes) is 1. The van der Waals surface area contributed by atoms with E-state index in [0.29, 0.717) is 12.4 Å². The van der Waals surface area contributed by atoms with E-state index in [4.69, 9.17) is 4.74 Å². The van der Waals surface area contributed by atoms with Crippen LogP contribution in [-0.4, -0.2) is 12.5 Å². The van der Waals surface area contributed by atoms with Crippen molar-refractivity contribution in [1.29, 1.82) is 0 Å². The number of carbonyl (C=O) groups is 1. The van der Waals surface area contributed by atoms with Crippen molar-refractivity contribution >= 4 is 17.7 Å². The monoisotopic (exact) mass is 363 g/mol. The van der Waals surface area contributed by atoms with Crippen LogP contribution in [0.25, 0.3) is 6.08 Å². The van der Waals surface area contributed by atoms with E-state index in [1.807, 2.05) is 12.1 Å². The lowest BCUT2D eigenvalue weighted by molar-refractivity contribution is -0.137. The molecular formula is C20H20F3NO2. The number of hydrogen-bond donors (Lipinski definition) is 1. The number of rotatable bonds is 7. The second kappa shape index (κ2) is 9.08. The Bertz CT molecular complexity index is 770. The van der Waals surface area contributed by atoms with Crippen LogP contribution in [0.3, 0.4) is 0 Å². The van der Waals surface area contributed by atoms with Crippen molar-refractivity contribution in [2.45, 2.75) is 25.9 Å². The minimum Gasteiger partial charge on any atom is -0.493 e. The van der Waals surface area contributed by atoms with E-state index >= 15 is 0 Å². The summed E-state index contributed by atoms with van der Waals surface area (Å²) in [5, 5.41) is 2.43. The van der Waals surface area contributed by atoms with Gasteiger partial charge in [0.15, 0.2) is 0 Å². The highest BCUT2D eigenvalue weighted by molar-refractivity contribution is 6.02. The van der Waals surface area contributed by atoms with E-state index in [1.165, 1.54) is 18.2 Å². The number of amides is 1. The molecule has 0 saturated carbocycles. The molecule has 0 aliphatic heterocycles. The van der Waals surface area contributed by atoms with Crippen molar-refractivity contribution in [2.75, 3.05) is 11.9 Å². The molecule has 1 N–H and O–H groups in total. The molecule has 0 aromatic heterocycles. The van der Waals surface area contributed by atoms with Gasteiger partial charge in [-0.05, 0) is 36.8 Å². The maximum Gasteiger partial charge on any atom is 0.416 e. The third-order valence-electron chi connectivity index (χ3n) is 3.55. The molecular weight excluding hydrogens is 343 g/mol. The van der Waals surface area contributed by atoms with Crippen molar-refractivity contribution in [1.82, 2.24) is 0 Å². The van der Waals surface area contributed by atoms with E-state index in [0.717, 1.165) is 30.5 Å². The topological polar surface area (TPSA) is 38.3 Å². The first kappa shape index (κ1) is 19.6. The summed E-state index contributed by atoms with van der Waals surface area (Å²) >= 11 is 0. The Hall–Kier alpha value is -2.76. The fourth-order valence-corrected chi connectivity index (χ4v) is 2.20. The molecule has 138 valence electrons. The highest BCUT2D eigenvalue weighted by Crippen LogP contribution is 2.30. The smallest absolute Gasteiger partial charge is 0.416 e. The van der Waals surface area contributed by atoms with E-state index in [-0.39, 0.29) is 5.69 Å². The summed E-state index contributed by atoms with van der Waals surface area (Å²) in [6, 6.07) is 11.8. The van der Waals surface area contributed by atoms with Crippen LogP contribution in [0, 0.1) is 0 Å². The van der Waals surface area contributed by atoms with E-state index in [2.05, 4.69) is 12.2 Å². The number of halogens is 3. The lowest BCUT2D eigenvalue weighted by Crippen LogP contribution is -2.10. The molecule has 0 bridgehead atoms. The zero-order valence-corrected chi connectivity index (χ0v) is 14.3. The molecule has 6 heteroatoms. The zero-order valence-electron chi connectivity index (χ0n) is 14.3. The van der Waals surface area contributed by atoms with Crippen molar-refractivity contribution in [3.63, 3.8) is 0 Å². The molecule has 3 nitrogen and oxygen atoms in total. The number of carbonyl (C=O) groups excluding carboxylic acids is 1. The number of alkyl halides is 3. The van der Waals surface area contributed by atoms with Gasteiger partial charge < -0.3 is 10.1 Å². The Labute approximate surface area is 150 Å². The zero-order chi connectivity index (χ0) is 19.0. The fraction of sp³-hybridized carbons (Fsp3) is 0.250. The van der Waals surface area contributed by atoms with Gasteiger partial charge in [-0.15, -0.1) is 0 Å². The van der Waals surface area contributed by atoms with Crippen LogP contribution in [0.2, 0.25) is 0 Å². The Kier molecular flexibility index (Phi) is 6.83. The maximum atomic E-state index is 12.7. The first-order chi connectivity index (χ1) is 12.4. The second-order valence-corrected chi connectivity index (χ2v) is 5.64. The Balaban J connectivity index is 2.04. The van der Waals surface area contributed by atoms with Gasteiger partial charge in [0.2, 0.25) is 5.91 Å². The lowest BCUT2D eigenvalue weighted by atomic mass is 10.1. The summed E-state index contributed by atoms with van der Waals surface area (Å²) in [5.41, 5.74) is -0.00120. The normalized spacial score (nSPS) is 11.5. The van der Waals surface area contributed by atoms with Crippen molar-refractivity contribution < 1.29 is 22.7 Å². The Morgan fingerprint density at radius 3 is 2.65 bits per heavy atom. The number of hydrogen-bond acceptors (Lipinski definition) is 2. The summed E-state index contributed by atoms with van der Waals surface area (Å²) in [5.74, 6) is 0.136. The molecule has 1 amide bonds. The SMILES string of the molecule is CCCCOc1ccccc1C=CC(=O)Nc1cccc(C(F)(F)F)c1. The van der Waals surface area contributed by atoms with Gasteiger partial charge in [-0.1, -0.05) is 37.6 Å². The molecule has 26 heavy (non-hydrogen) atoms. The molecule has 0 heterocycles. The molecule has 0 unspecified atom stereocenters. The minimum atomic E-state index is -4.45. The van der Waals surface area contributed by atoms with Gasteiger partial charge in [-0.2, -0.15) is 13.2 Å². The summed E-state index contributed by atoms with van der Waals surface area (Å²) in [6.45, 7) is 2.64. The second-order valence-electron chi connectivity index (χ2n) is 5.64. The van der Waals surface area contributed by atoms with Gasteiger partial charge in [0.05, 0.1) is 12.2 Å². The average Bonchev–Trinajstić information content (AvgIpc) is 2.60. The Morgan fingerprint density at radius 1 is 1.15 bits per heavy atom. The molecule has 0 radical (unpaired) electrons. The van der Waals surface area contributed by atoms with Crippen molar-refractivity contribution in [2.24, 2.45) is 0 Å². The Morgan fingerprint density at radius 2 is 1.92 bits per heavy atom. The number of anilines is 1. The van der Waals surface area contributed by atoms with E-state index in [1.54, 1.807) is 18.2 Å². The van der Waals surface area contributed by atoms with E-state index in [9.17, 15) is 18.0 Å². The summed E-state index contributed by atoms with van der Waals surface area (Å²) in [4.78, 5) is 12.0. The van der Waals surface area contributed by atoms with Gasteiger partial charge in [-0.25, -0.2) is 0 Å². The van der Waals surface area contributed by atoms with Crippen LogP contribution < -0.4 is 10.1 Å².